The summed E-state index contributed by atoms with van der Waals surface area (Å²) < 4.78 is 5.67. The molecule has 0 radical (unpaired) electrons. The van der Waals surface area contributed by atoms with Crippen molar-refractivity contribution in [2.45, 2.75) is 46.4 Å². The molecule has 0 fully saturated rings. The van der Waals surface area contributed by atoms with Crippen LogP contribution in [0.25, 0.3) is 0 Å². The summed E-state index contributed by atoms with van der Waals surface area (Å²) in [6.45, 7) is 10.2. The molecule has 0 saturated carbocycles. The number of hydrogen-bond donors (Lipinski definition) is 0. The first-order valence-electron chi connectivity index (χ1n) is 7.91. The highest BCUT2D eigenvalue weighted by atomic mass is 32.1. The maximum absolute atomic E-state index is 5.67. The minimum absolute atomic E-state index is 0.313. The lowest BCUT2D eigenvalue weighted by molar-refractivity contribution is 0.0693. The van der Waals surface area contributed by atoms with Crippen LogP contribution in [0.5, 0.6) is 0 Å². The highest BCUT2D eigenvalue weighted by molar-refractivity contribution is 7.10. The van der Waals surface area contributed by atoms with Crippen LogP contribution in [0.2, 0.25) is 0 Å². The van der Waals surface area contributed by atoms with Gasteiger partial charge in [-0.3, -0.25) is 9.88 Å². The Morgan fingerprint density at radius 1 is 1.18 bits per heavy atom. The van der Waals surface area contributed by atoms with Gasteiger partial charge in [0.15, 0.2) is 0 Å². The molecule has 0 bridgehead atoms. The van der Waals surface area contributed by atoms with Gasteiger partial charge in [0.25, 0.3) is 0 Å². The molecule has 2 aromatic heterocycles. The van der Waals surface area contributed by atoms with E-state index in [0.717, 1.165) is 32.7 Å². The standard InChI is InChI=1S/C18H26N2OS/c1-15(2)21-11-4-10-20(13-17-5-8-19-9-6-17)14-18-16(3)7-12-22-18/h5-9,12,15H,4,10-11,13-14H2,1-3H3. The van der Waals surface area contributed by atoms with Crippen LogP contribution < -0.4 is 0 Å². The van der Waals surface area contributed by atoms with E-state index in [1.807, 2.05) is 23.7 Å². The van der Waals surface area contributed by atoms with Crippen molar-refractivity contribution >= 4 is 11.3 Å². The second kappa shape index (κ2) is 9.03. The minimum atomic E-state index is 0.313. The number of thiophene rings is 1. The SMILES string of the molecule is Cc1ccsc1CN(CCCOC(C)C)Cc1ccncc1. The third-order valence-corrected chi connectivity index (χ3v) is 4.57. The molecule has 22 heavy (non-hydrogen) atoms. The van der Waals surface area contributed by atoms with Crippen LogP contribution in [-0.4, -0.2) is 29.1 Å². The van der Waals surface area contributed by atoms with Gasteiger partial charge >= 0.3 is 0 Å². The van der Waals surface area contributed by atoms with E-state index in [4.69, 9.17) is 4.74 Å². The second-order valence-electron chi connectivity index (χ2n) is 5.87. The molecule has 0 aliphatic rings. The van der Waals surface area contributed by atoms with Gasteiger partial charge < -0.3 is 4.74 Å². The number of ether oxygens (including phenoxy) is 1. The molecule has 0 N–H and O–H groups in total. The van der Waals surface area contributed by atoms with Crippen molar-refractivity contribution in [3.63, 3.8) is 0 Å². The van der Waals surface area contributed by atoms with E-state index in [0.29, 0.717) is 6.10 Å². The summed E-state index contributed by atoms with van der Waals surface area (Å²) in [6.07, 6.45) is 5.11. The third kappa shape index (κ3) is 5.87. The molecule has 0 spiro atoms. The van der Waals surface area contributed by atoms with Crippen molar-refractivity contribution in [3.8, 4) is 0 Å². The lowest BCUT2D eigenvalue weighted by Crippen LogP contribution is -2.25. The monoisotopic (exact) mass is 318 g/mol. The number of rotatable bonds is 9. The Bertz CT molecular complexity index is 539. The summed E-state index contributed by atoms with van der Waals surface area (Å²) in [7, 11) is 0. The van der Waals surface area contributed by atoms with Gasteiger partial charge in [0.1, 0.15) is 0 Å². The van der Waals surface area contributed by atoms with Crippen LogP contribution >= 0.6 is 11.3 Å². The lowest BCUT2D eigenvalue weighted by atomic mass is 10.2. The molecule has 2 heterocycles. The van der Waals surface area contributed by atoms with E-state index in [2.05, 4.69) is 54.2 Å². The Morgan fingerprint density at radius 3 is 2.59 bits per heavy atom. The molecular weight excluding hydrogens is 292 g/mol. The summed E-state index contributed by atoms with van der Waals surface area (Å²) in [4.78, 5) is 8.06. The van der Waals surface area contributed by atoms with Crippen LogP contribution in [0.4, 0.5) is 0 Å². The highest BCUT2D eigenvalue weighted by Gasteiger charge is 2.10. The Labute approximate surface area is 138 Å². The molecule has 2 rings (SSSR count). The zero-order valence-electron chi connectivity index (χ0n) is 13.8. The predicted molar refractivity (Wildman–Crippen MR) is 93.1 cm³/mol. The zero-order chi connectivity index (χ0) is 15.8. The van der Waals surface area contributed by atoms with E-state index < -0.39 is 0 Å². The fraction of sp³-hybridized carbons (Fsp3) is 0.500. The smallest absolute Gasteiger partial charge is 0.0518 e. The molecule has 0 unspecified atom stereocenters. The molecule has 2 aromatic rings. The third-order valence-electron chi connectivity index (χ3n) is 3.56. The Balaban J connectivity index is 1.92. The Morgan fingerprint density at radius 2 is 1.95 bits per heavy atom. The molecule has 3 nitrogen and oxygen atoms in total. The lowest BCUT2D eigenvalue weighted by Gasteiger charge is -2.22. The quantitative estimate of drug-likeness (QED) is 0.646. The predicted octanol–water partition coefficient (Wildman–Crippen LogP) is 4.27. The molecule has 4 heteroatoms. The normalized spacial score (nSPS) is 11.5. The van der Waals surface area contributed by atoms with Crippen molar-refractivity contribution in [3.05, 3.63) is 52.0 Å². The van der Waals surface area contributed by atoms with Crippen molar-refractivity contribution in [1.29, 1.82) is 0 Å². The molecule has 0 aliphatic carbocycles. The molecular formula is C18H26N2OS. The largest absolute Gasteiger partial charge is 0.379 e. The van der Waals surface area contributed by atoms with E-state index >= 15 is 0 Å². The first-order valence-corrected chi connectivity index (χ1v) is 8.79. The van der Waals surface area contributed by atoms with Crippen molar-refractivity contribution in [1.82, 2.24) is 9.88 Å². The van der Waals surface area contributed by atoms with Gasteiger partial charge in [-0.2, -0.15) is 0 Å². The van der Waals surface area contributed by atoms with Crippen LogP contribution in [0, 0.1) is 6.92 Å². The maximum atomic E-state index is 5.67. The minimum Gasteiger partial charge on any atom is -0.379 e. The molecule has 120 valence electrons. The van der Waals surface area contributed by atoms with Crippen LogP contribution in [0.3, 0.4) is 0 Å². The highest BCUT2D eigenvalue weighted by Crippen LogP contribution is 2.19. The number of pyridine rings is 1. The molecule has 0 aliphatic heterocycles. The van der Waals surface area contributed by atoms with Crippen molar-refractivity contribution in [2.24, 2.45) is 0 Å². The molecule has 0 aromatic carbocycles. The number of aromatic nitrogens is 1. The van der Waals surface area contributed by atoms with E-state index in [1.54, 1.807) is 0 Å². The van der Waals surface area contributed by atoms with Gasteiger partial charge in [0, 0.05) is 43.5 Å². The maximum Gasteiger partial charge on any atom is 0.0518 e. The number of aryl methyl sites for hydroxylation is 1. The summed E-state index contributed by atoms with van der Waals surface area (Å²) in [5.74, 6) is 0. The Kier molecular flexibility index (Phi) is 7.03. The number of hydrogen-bond acceptors (Lipinski definition) is 4. The molecule has 0 amide bonds. The van der Waals surface area contributed by atoms with Crippen LogP contribution in [-0.2, 0) is 17.8 Å². The first-order chi connectivity index (χ1) is 10.6. The molecule has 0 saturated heterocycles. The van der Waals surface area contributed by atoms with E-state index in [-0.39, 0.29) is 0 Å². The number of nitrogens with zero attached hydrogens (tertiary/aromatic N) is 2. The first kappa shape index (κ1) is 17.1. The average molecular weight is 318 g/mol. The van der Waals surface area contributed by atoms with Crippen molar-refractivity contribution < 1.29 is 4.74 Å². The van der Waals surface area contributed by atoms with Gasteiger partial charge in [0.05, 0.1) is 6.10 Å². The van der Waals surface area contributed by atoms with Gasteiger partial charge in [-0.05, 0) is 61.9 Å². The average Bonchev–Trinajstić information content (AvgIpc) is 2.89. The summed E-state index contributed by atoms with van der Waals surface area (Å²) in [6, 6.07) is 6.39. The van der Waals surface area contributed by atoms with Gasteiger partial charge in [-0.25, -0.2) is 0 Å². The molecule has 0 atom stereocenters. The second-order valence-corrected chi connectivity index (χ2v) is 6.87. The van der Waals surface area contributed by atoms with Crippen molar-refractivity contribution in [2.75, 3.05) is 13.2 Å². The van der Waals surface area contributed by atoms with Gasteiger partial charge in [-0.1, -0.05) is 0 Å². The fourth-order valence-corrected chi connectivity index (χ4v) is 3.28. The fourth-order valence-electron chi connectivity index (χ4n) is 2.34. The van der Waals surface area contributed by atoms with E-state index in [9.17, 15) is 0 Å². The van der Waals surface area contributed by atoms with E-state index in [1.165, 1.54) is 16.0 Å². The zero-order valence-corrected chi connectivity index (χ0v) is 14.6. The van der Waals surface area contributed by atoms with Gasteiger partial charge in [-0.15, -0.1) is 11.3 Å². The summed E-state index contributed by atoms with van der Waals surface area (Å²) in [5, 5.41) is 2.18. The van der Waals surface area contributed by atoms with Gasteiger partial charge in [0.2, 0.25) is 0 Å². The topological polar surface area (TPSA) is 25.4 Å². The summed E-state index contributed by atoms with van der Waals surface area (Å²) in [5.41, 5.74) is 2.71. The summed E-state index contributed by atoms with van der Waals surface area (Å²) >= 11 is 1.85. The van der Waals surface area contributed by atoms with Crippen LogP contribution in [0.15, 0.2) is 36.0 Å². The Hall–Kier alpha value is -1.23. The van der Waals surface area contributed by atoms with Crippen LogP contribution in [0.1, 0.15) is 36.3 Å².